The summed E-state index contributed by atoms with van der Waals surface area (Å²) >= 11 is 1.38. The summed E-state index contributed by atoms with van der Waals surface area (Å²) in [5, 5.41) is 8.30. The number of ether oxygens (including phenoxy) is 1. The van der Waals surface area contributed by atoms with Crippen molar-refractivity contribution in [1.82, 2.24) is 9.59 Å². The van der Waals surface area contributed by atoms with Gasteiger partial charge in [0, 0.05) is 18.1 Å². The molecular weight excluding hydrogens is 210 g/mol. The van der Waals surface area contributed by atoms with Crippen LogP contribution in [0.4, 0.5) is 5.00 Å². The van der Waals surface area contributed by atoms with Gasteiger partial charge in [-0.15, -0.1) is 5.10 Å². The summed E-state index contributed by atoms with van der Waals surface area (Å²) in [4.78, 5) is 0. The van der Waals surface area contributed by atoms with E-state index >= 15 is 0 Å². The Morgan fingerprint density at radius 1 is 1.40 bits per heavy atom. The third-order valence-electron chi connectivity index (χ3n) is 2.34. The molecule has 0 aromatic carbocycles. The zero-order valence-electron chi connectivity index (χ0n) is 9.83. The molecular formula is C10H19N3OS. The van der Waals surface area contributed by atoms with Crippen LogP contribution >= 0.6 is 11.5 Å². The predicted molar refractivity (Wildman–Crippen MR) is 63.2 cm³/mol. The maximum absolute atomic E-state index is 5.77. The predicted octanol–water partition coefficient (Wildman–Crippen LogP) is 2.68. The van der Waals surface area contributed by atoms with Gasteiger partial charge in [0.2, 0.25) is 0 Å². The molecule has 0 bridgehead atoms. The van der Waals surface area contributed by atoms with E-state index in [4.69, 9.17) is 4.74 Å². The van der Waals surface area contributed by atoms with Crippen molar-refractivity contribution in [3.63, 3.8) is 0 Å². The summed E-state index contributed by atoms with van der Waals surface area (Å²) in [5.74, 6) is 0. The minimum Gasteiger partial charge on any atom is -0.374 e. The van der Waals surface area contributed by atoms with Crippen molar-refractivity contribution >= 4 is 16.5 Å². The first kappa shape index (κ1) is 12.4. The van der Waals surface area contributed by atoms with E-state index in [1.54, 1.807) is 0 Å². The Hall–Kier alpha value is -0.680. The Morgan fingerprint density at radius 2 is 2.13 bits per heavy atom. The molecule has 86 valence electrons. The van der Waals surface area contributed by atoms with E-state index in [1.165, 1.54) is 11.5 Å². The number of hydrogen-bond acceptors (Lipinski definition) is 5. The van der Waals surface area contributed by atoms with E-state index in [0.717, 1.165) is 23.7 Å². The molecule has 5 heteroatoms. The molecule has 1 aromatic heterocycles. The van der Waals surface area contributed by atoms with Gasteiger partial charge < -0.3 is 10.1 Å². The largest absolute Gasteiger partial charge is 0.374 e. The number of anilines is 1. The second-order valence-electron chi connectivity index (χ2n) is 3.98. The molecule has 1 aromatic rings. The summed E-state index contributed by atoms with van der Waals surface area (Å²) in [6.07, 6.45) is 0.987. The monoisotopic (exact) mass is 229 g/mol. The maximum atomic E-state index is 5.77. The van der Waals surface area contributed by atoms with Gasteiger partial charge in [-0.05, 0) is 27.2 Å². The lowest BCUT2D eigenvalue weighted by molar-refractivity contribution is -0.0327. The lowest BCUT2D eigenvalue weighted by atomic mass is 10.1. The van der Waals surface area contributed by atoms with Crippen molar-refractivity contribution < 1.29 is 4.74 Å². The molecule has 1 heterocycles. The van der Waals surface area contributed by atoms with Gasteiger partial charge >= 0.3 is 0 Å². The van der Waals surface area contributed by atoms with E-state index in [2.05, 4.69) is 42.6 Å². The van der Waals surface area contributed by atoms with Crippen LogP contribution in [0.2, 0.25) is 0 Å². The minimum absolute atomic E-state index is 0.0902. The SMILES string of the molecule is CCNc1snnc1COC(C)(C)CC. The van der Waals surface area contributed by atoms with Gasteiger partial charge in [-0.2, -0.15) is 0 Å². The van der Waals surface area contributed by atoms with Gasteiger partial charge in [0.1, 0.15) is 10.7 Å². The first-order valence-corrected chi connectivity index (χ1v) is 6.05. The van der Waals surface area contributed by atoms with E-state index in [9.17, 15) is 0 Å². The summed E-state index contributed by atoms with van der Waals surface area (Å²) in [5.41, 5.74) is 0.816. The molecule has 0 aliphatic rings. The molecule has 0 atom stereocenters. The molecule has 0 saturated carbocycles. The van der Waals surface area contributed by atoms with Crippen LogP contribution in [-0.4, -0.2) is 21.7 Å². The Morgan fingerprint density at radius 3 is 2.73 bits per heavy atom. The van der Waals surface area contributed by atoms with E-state index < -0.39 is 0 Å². The molecule has 0 amide bonds. The standard InChI is InChI=1S/C10H19N3OS/c1-5-10(3,4)14-7-8-9(11-6-2)15-13-12-8/h11H,5-7H2,1-4H3. The molecule has 0 aliphatic heterocycles. The molecule has 0 spiro atoms. The van der Waals surface area contributed by atoms with Crippen LogP contribution in [0.3, 0.4) is 0 Å². The van der Waals surface area contributed by atoms with E-state index in [0.29, 0.717) is 6.61 Å². The van der Waals surface area contributed by atoms with Gasteiger partial charge in [-0.3, -0.25) is 0 Å². The molecule has 0 radical (unpaired) electrons. The smallest absolute Gasteiger partial charge is 0.135 e. The van der Waals surface area contributed by atoms with Crippen LogP contribution in [0.25, 0.3) is 0 Å². The van der Waals surface area contributed by atoms with Crippen LogP contribution < -0.4 is 5.32 Å². The average molecular weight is 229 g/mol. The van der Waals surface area contributed by atoms with Crippen molar-refractivity contribution in [3.05, 3.63) is 5.69 Å². The first-order valence-electron chi connectivity index (χ1n) is 5.28. The maximum Gasteiger partial charge on any atom is 0.135 e. The first-order chi connectivity index (χ1) is 7.09. The molecule has 1 N–H and O–H groups in total. The Labute approximate surface area is 95.2 Å². The normalized spacial score (nSPS) is 11.7. The molecule has 0 aliphatic carbocycles. The topological polar surface area (TPSA) is 47.0 Å². The summed E-state index contributed by atoms with van der Waals surface area (Å²) < 4.78 is 9.69. The number of nitrogens with zero attached hydrogens (tertiary/aromatic N) is 2. The van der Waals surface area contributed by atoms with Crippen molar-refractivity contribution in [3.8, 4) is 0 Å². The van der Waals surface area contributed by atoms with Gasteiger partial charge in [-0.25, -0.2) is 0 Å². The van der Waals surface area contributed by atoms with Crippen LogP contribution in [0, 0.1) is 0 Å². The second kappa shape index (κ2) is 5.42. The minimum atomic E-state index is -0.0902. The lowest BCUT2D eigenvalue weighted by Crippen LogP contribution is -2.23. The van der Waals surface area contributed by atoms with Crippen LogP contribution in [0.1, 0.15) is 39.8 Å². The molecule has 0 saturated heterocycles. The molecule has 4 nitrogen and oxygen atoms in total. The molecule has 1 rings (SSSR count). The molecule has 0 fully saturated rings. The fourth-order valence-electron chi connectivity index (χ4n) is 0.964. The second-order valence-corrected chi connectivity index (χ2v) is 4.74. The summed E-state index contributed by atoms with van der Waals surface area (Å²) in [7, 11) is 0. The highest BCUT2D eigenvalue weighted by Gasteiger charge is 2.17. The Balaban J connectivity index is 2.53. The Kier molecular flexibility index (Phi) is 4.47. The summed E-state index contributed by atoms with van der Waals surface area (Å²) in [6, 6.07) is 0. The molecule has 0 unspecified atom stereocenters. The van der Waals surface area contributed by atoms with Crippen LogP contribution in [0.15, 0.2) is 0 Å². The number of hydrogen-bond donors (Lipinski definition) is 1. The van der Waals surface area contributed by atoms with Crippen LogP contribution in [-0.2, 0) is 11.3 Å². The van der Waals surface area contributed by atoms with Crippen molar-refractivity contribution in [2.24, 2.45) is 0 Å². The van der Waals surface area contributed by atoms with Crippen molar-refractivity contribution in [2.75, 3.05) is 11.9 Å². The highest BCUT2D eigenvalue weighted by molar-refractivity contribution is 7.10. The summed E-state index contributed by atoms with van der Waals surface area (Å²) in [6.45, 7) is 9.75. The third kappa shape index (κ3) is 3.76. The average Bonchev–Trinajstić information content (AvgIpc) is 2.64. The lowest BCUT2D eigenvalue weighted by Gasteiger charge is -2.22. The van der Waals surface area contributed by atoms with Gasteiger partial charge in [0.15, 0.2) is 0 Å². The third-order valence-corrected chi connectivity index (χ3v) is 3.07. The fourth-order valence-corrected chi connectivity index (χ4v) is 1.60. The fraction of sp³-hybridized carbons (Fsp3) is 0.800. The zero-order chi connectivity index (χ0) is 11.3. The van der Waals surface area contributed by atoms with E-state index in [1.807, 2.05) is 0 Å². The van der Waals surface area contributed by atoms with Crippen molar-refractivity contribution in [2.45, 2.75) is 46.3 Å². The zero-order valence-corrected chi connectivity index (χ0v) is 10.6. The number of aromatic nitrogens is 2. The highest BCUT2D eigenvalue weighted by Crippen LogP contribution is 2.21. The highest BCUT2D eigenvalue weighted by atomic mass is 32.1. The van der Waals surface area contributed by atoms with Crippen LogP contribution in [0.5, 0.6) is 0 Å². The van der Waals surface area contributed by atoms with Gasteiger partial charge in [0.25, 0.3) is 0 Å². The van der Waals surface area contributed by atoms with Gasteiger partial charge in [-0.1, -0.05) is 11.4 Å². The molecule has 15 heavy (non-hydrogen) atoms. The number of nitrogens with one attached hydrogen (secondary N) is 1. The number of rotatable bonds is 6. The Bertz CT molecular complexity index is 299. The van der Waals surface area contributed by atoms with Gasteiger partial charge in [0.05, 0.1) is 12.2 Å². The van der Waals surface area contributed by atoms with Crippen molar-refractivity contribution in [1.29, 1.82) is 0 Å². The quantitative estimate of drug-likeness (QED) is 0.814. The van der Waals surface area contributed by atoms with E-state index in [-0.39, 0.29) is 5.60 Å².